The summed E-state index contributed by atoms with van der Waals surface area (Å²) in [7, 11) is 0. The Hall–Kier alpha value is 0. The first-order valence-corrected chi connectivity index (χ1v) is 6.85. The molecule has 0 bridgehead atoms. The molecule has 15 heavy (non-hydrogen) atoms. The first-order chi connectivity index (χ1) is 6.85. The Kier molecular flexibility index (Phi) is 94.6. The maximum Gasteiger partial charge on any atom is -0.0420 e. The van der Waals surface area contributed by atoms with Crippen LogP contribution in [0.4, 0.5) is 0 Å². The van der Waals surface area contributed by atoms with Crippen molar-refractivity contribution >= 4 is 0 Å². The van der Waals surface area contributed by atoms with Crippen LogP contribution >= 0.6 is 0 Å². The third-order valence-corrected chi connectivity index (χ3v) is 1.85. The van der Waals surface area contributed by atoms with Crippen LogP contribution in [0.1, 0.15) is 95.4 Å². The first kappa shape index (κ1) is 29.4. The molecule has 0 heteroatoms. The molecule has 0 aliphatic rings. The van der Waals surface area contributed by atoms with Crippen molar-refractivity contribution in [3.63, 3.8) is 0 Å². The molecule has 0 amide bonds. The molecular formula is C15H40. The molecule has 0 fully saturated rings. The summed E-state index contributed by atoms with van der Waals surface area (Å²) in [6.45, 7) is 18.8. The lowest BCUT2D eigenvalue weighted by Gasteiger charge is -2.08. The van der Waals surface area contributed by atoms with Gasteiger partial charge in [-0.1, -0.05) is 95.4 Å². The van der Waals surface area contributed by atoms with Crippen LogP contribution in [-0.4, -0.2) is 0 Å². The van der Waals surface area contributed by atoms with Gasteiger partial charge < -0.3 is 0 Å². The molecule has 0 heterocycles. The zero-order valence-electron chi connectivity index (χ0n) is 12.4. The van der Waals surface area contributed by atoms with Crippen LogP contribution in [0.5, 0.6) is 0 Å². The number of hydrogen-bond acceptors (Lipinski definition) is 0. The van der Waals surface area contributed by atoms with Gasteiger partial charge in [0.1, 0.15) is 0 Å². The molecule has 0 unspecified atom stereocenters. The highest BCUT2D eigenvalue weighted by atomic mass is 14.0. The highest BCUT2D eigenvalue weighted by Crippen LogP contribution is 2.13. The molecule has 0 aromatic rings. The fraction of sp³-hybridized carbons (Fsp3) is 1.00. The summed E-state index contributed by atoms with van der Waals surface area (Å²) < 4.78 is 0. The van der Waals surface area contributed by atoms with Crippen molar-refractivity contribution < 1.29 is 0 Å². The van der Waals surface area contributed by atoms with Gasteiger partial charge in [0.2, 0.25) is 0 Å². The zero-order valence-corrected chi connectivity index (χ0v) is 12.4. The molecule has 0 aromatic heterocycles. The minimum absolute atomic E-state index is 0. The second-order valence-corrected chi connectivity index (χ2v) is 2.47. The Bertz CT molecular complexity index is 35.3. The summed E-state index contributed by atoms with van der Waals surface area (Å²) in [5, 5.41) is 0. The molecule has 0 atom stereocenters. The lowest BCUT2D eigenvalue weighted by Crippen LogP contribution is -1.94. The van der Waals surface area contributed by atoms with Gasteiger partial charge in [-0.05, 0) is 5.92 Å². The van der Waals surface area contributed by atoms with Crippen molar-refractivity contribution in [2.24, 2.45) is 5.92 Å². The van der Waals surface area contributed by atoms with Gasteiger partial charge in [-0.15, -0.1) is 0 Å². The van der Waals surface area contributed by atoms with E-state index in [0.29, 0.717) is 0 Å². The molecule has 0 aliphatic carbocycles. The van der Waals surface area contributed by atoms with Gasteiger partial charge >= 0.3 is 0 Å². The second-order valence-electron chi connectivity index (χ2n) is 2.47. The molecule has 0 saturated heterocycles. The summed E-state index contributed by atoms with van der Waals surface area (Å²) in [5.41, 5.74) is 0. The van der Waals surface area contributed by atoms with E-state index < -0.39 is 0 Å². The quantitative estimate of drug-likeness (QED) is 0.481. The molecule has 0 radical (unpaired) electrons. The van der Waals surface area contributed by atoms with Crippen molar-refractivity contribution in [1.29, 1.82) is 0 Å². The average molecular weight is 220 g/mol. The first-order valence-electron chi connectivity index (χ1n) is 6.85. The Morgan fingerprint density at radius 3 is 1.00 bits per heavy atom. The summed E-state index contributed by atoms with van der Waals surface area (Å²) in [6, 6.07) is 0. The van der Waals surface area contributed by atoms with Crippen molar-refractivity contribution in [2.75, 3.05) is 0 Å². The van der Waals surface area contributed by atoms with Crippen molar-refractivity contribution in [1.82, 2.24) is 0 Å². The molecule has 0 spiro atoms. The van der Waals surface area contributed by atoms with Gasteiger partial charge in [-0.3, -0.25) is 0 Å². The molecule has 0 nitrogen and oxygen atoms in total. The highest BCUT2D eigenvalue weighted by Gasteiger charge is 1.98. The predicted octanol–water partition coefficient (Wildman–Crippen LogP) is 6.94. The van der Waals surface area contributed by atoms with Crippen LogP contribution < -0.4 is 0 Å². The van der Waals surface area contributed by atoms with Crippen LogP contribution in [0.15, 0.2) is 0 Å². The normalized spacial score (nSPS) is 6.80. The zero-order chi connectivity index (χ0) is 12.4. The van der Waals surface area contributed by atoms with Gasteiger partial charge in [0.15, 0.2) is 0 Å². The summed E-state index contributed by atoms with van der Waals surface area (Å²) in [6.07, 6.45) is 5.51. The molecule has 0 aliphatic heterocycles. The van der Waals surface area contributed by atoms with Crippen molar-refractivity contribution in [3.05, 3.63) is 0 Å². The van der Waals surface area contributed by atoms with Gasteiger partial charge in [-0.25, -0.2) is 0 Å². The van der Waals surface area contributed by atoms with E-state index in [1.807, 2.05) is 41.5 Å². The van der Waals surface area contributed by atoms with E-state index in [0.717, 1.165) is 5.92 Å². The van der Waals surface area contributed by atoms with E-state index in [9.17, 15) is 0 Å². The number of hydrogen-bond donors (Lipinski definition) is 0. The maximum atomic E-state index is 2.28. The minimum atomic E-state index is 0. The Morgan fingerprint density at radius 1 is 0.667 bits per heavy atom. The largest absolute Gasteiger partial charge is 0.0776 e. The van der Waals surface area contributed by atoms with Crippen LogP contribution in [0.3, 0.4) is 0 Å². The van der Waals surface area contributed by atoms with Crippen molar-refractivity contribution in [3.8, 4) is 0 Å². The van der Waals surface area contributed by atoms with E-state index >= 15 is 0 Å². The van der Waals surface area contributed by atoms with Gasteiger partial charge in [0.25, 0.3) is 0 Å². The molecule has 100 valence electrons. The summed E-state index contributed by atoms with van der Waals surface area (Å²) in [5.74, 6) is 1.000. The van der Waals surface area contributed by atoms with Crippen LogP contribution in [0, 0.1) is 5.92 Å². The monoisotopic (exact) mass is 220 g/mol. The topological polar surface area (TPSA) is 0 Å². The van der Waals surface area contributed by atoms with Crippen LogP contribution in [-0.2, 0) is 0 Å². The summed E-state index contributed by atoms with van der Waals surface area (Å²) >= 11 is 0. The van der Waals surface area contributed by atoms with Crippen LogP contribution in [0.25, 0.3) is 0 Å². The third-order valence-electron chi connectivity index (χ3n) is 1.85. The van der Waals surface area contributed by atoms with Gasteiger partial charge in [0.05, 0.1) is 0 Å². The third kappa shape index (κ3) is 41.1. The SMILES string of the molecule is C.CC.CC.CC.CCCC(CC)CC. The Balaban J connectivity index is -0.0000000410. The van der Waals surface area contributed by atoms with E-state index in [-0.39, 0.29) is 7.43 Å². The maximum absolute atomic E-state index is 2.28. The lowest BCUT2D eigenvalue weighted by molar-refractivity contribution is 0.451. The average Bonchev–Trinajstić information content (AvgIpc) is 2.33. The fourth-order valence-electron chi connectivity index (χ4n) is 1.11. The van der Waals surface area contributed by atoms with Gasteiger partial charge in [0, 0.05) is 0 Å². The molecule has 0 N–H and O–H groups in total. The molecule has 0 aromatic carbocycles. The van der Waals surface area contributed by atoms with E-state index in [1.165, 1.54) is 25.7 Å². The molecule has 0 rings (SSSR count). The second kappa shape index (κ2) is 48.3. The van der Waals surface area contributed by atoms with Crippen LogP contribution in [0.2, 0.25) is 0 Å². The smallest absolute Gasteiger partial charge is 0.0420 e. The van der Waals surface area contributed by atoms with Gasteiger partial charge in [-0.2, -0.15) is 0 Å². The minimum Gasteiger partial charge on any atom is -0.0776 e. The summed E-state index contributed by atoms with van der Waals surface area (Å²) in [4.78, 5) is 0. The predicted molar refractivity (Wildman–Crippen MR) is 79.8 cm³/mol. The lowest BCUT2D eigenvalue weighted by atomic mass is 9.98. The van der Waals surface area contributed by atoms with E-state index in [4.69, 9.17) is 0 Å². The Morgan fingerprint density at radius 2 is 0.933 bits per heavy atom. The fourth-order valence-corrected chi connectivity index (χ4v) is 1.11. The highest BCUT2D eigenvalue weighted by molar-refractivity contribution is 4.51. The standard InChI is InChI=1S/C8H18.3C2H6.CH4/c1-4-7-8(5-2)6-3;3*1-2;/h8H,4-7H2,1-3H3;3*1-2H3;1H4. The van der Waals surface area contributed by atoms with E-state index in [1.54, 1.807) is 0 Å². The molecular weight excluding hydrogens is 180 g/mol. The Labute approximate surface area is 102 Å². The van der Waals surface area contributed by atoms with E-state index in [2.05, 4.69) is 20.8 Å². The molecule has 0 saturated carbocycles. The number of rotatable bonds is 4. The van der Waals surface area contributed by atoms with Crippen molar-refractivity contribution in [2.45, 2.75) is 95.4 Å².